The lowest BCUT2D eigenvalue weighted by Gasteiger charge is -2.38. The zero-order valence-electron chi connectivity index (χ0n) is 12.9. The Labute approximate surface area is 136 Å². The lowest BCUT2D eigenvalue weighted by Crippen LogP contribution is -2.46. The number of alkyl halides is 2. The van der Waals surface area contributed by atoms with Crippen molar-refractivity contribution in [3.63, 3.8) is 0 Å². The third kappa shape index (κ3) is 2.89. The molecule has 1 aliphatic carbocycles. The molecule has 126 valence electrons. The largest absolute Gasteiger partial charge is 0.339 e. The number of nitrogens with two attached hydrogens (primary N) is 1. The molecule has 0 aliphatic heterocycles. The molecular weight excluding hydrogens is 316 g/mol. The first-order valence-corrected chi connectivity index (χ1v) is 7.85. The first-order valence-electron chi connectivity index (χ1n) is 7.85. The van der Waals surface area contributed by atoms with E-state index in [0.29, 0.717) is 24.7 Å². The van der Waals surface area contributed by atoms with Crippen LogP contribution in [0.4, 0.5) is 8.78 Å². The molecule has 6 nitrogen and oxygen atoms in total. The van der Waals surface area contributed by atoms with Gasteiger partial charge in [0, 0.05) is 25.3 Å². The molecule has 4 rings (SSSR count). The van der Waals surface area contributed by atoms with Crippen molar-refractivity contribution in [1.82, 2.24) is 19.7 Å². The number of imidazole rings is 1. The topological polar surface area (TPSA) is 82.8 Å². The second-order valence-electron chi connectivity index (χ2n) is 6.36. The minimum absolute atomic E-state index is 0.157. The van der Waals surface area contributed by atoms with E-state index in [1.807, 2.05) is 28.8 Å². The highest BCUT2D eigenvalue weighted by molar-refractivity contribution is 5.74. The number of aromatic nitrogens is 4. The second-order valence-corrected chi connectivity index (χ2v) is 6.36. The molecule has 2 N–H and O–H groups in total. The Morgan fingerprint density at radius 2 is 2.12 bits per heavy atom. The molecule has 2 aromatic heterocycles. The Hall–Kier alpha value is -2.35. The van der Waals surface area contributed by atoms with E-state index in [1.165, 1.54) is 0 Å². The summed E-state index contributed by atoms with van der Waals surface area (Å²) in [5.41, 5.74) is 7.86. The van der Waals surface area contributed by atoms with Crippen LogP contribution in [0.1, 0.15) is 24.6 Å². The third-order valence-electron chi connectivity index (χ3n) is 4.49. The van der Waals surface area contributed by atoms with E-state index < -0.39 is 5.92 Å². The Bertz CT molecular complexity index is 851. The van der Waals surface area contributed by atoms with E-state index in [0.717, 1.165) is 11.0 Å². The van der Waals surface area contributed by atoms with Gasteiger partial charge in [-0.1, -0.05) is 17.3 Å². The van der Waals surface area contributed by atoms with Crippen LogP contribution in [0.3, 0.4) is 0 Å². The summed E-state index contributed by atoms with van der Waals surface area (Å²) in [4.78, 5) is 8.63. The molecule has 0 amide bonds. The summed E-state index contributed by atoms with van der Waals surface area (Å²) < 4.78 is 33.0. The molecule has 3 aromatic rings. The molecule has 1 atom stereocenters. The molecule has 1 aromatic carbocycles. The predicted octanol–water partition coefficient (Wildman–Crippen LogP) is 2.38. The zero-order valence-corrected chi connectivity index (χ0v) is 12.9. The van der Waals surface area contributed by atoms with Gasteiger partial charge in [0.25, 0.3) is 0 Å². The summed E-state index contributed by atoms with van der Waals surface area (Å²) >= 11 is 0. The van der Waals surface area contributed by atoms with Crippen LogP contribution in [0.5, 0.6) is 0 Å². The number of hydrogen-bond donors (Lipinski definition) is 1. The highest BCUT2D eigenvalue weighted by Gasteiger charge is 2.47. The SMILES string of the molecule is NC(Cc1nc(Cn2cnc3ccccc32)no1)C1CC(F)(F)C1. The standard InChI is InChI=1S/C16H17F2N5O/c17-16(18)6-10(7-16)11(19)5-15-21-14(22-24-15)8-23-9-20-12-3-1-2-4-13(12)23/h1-4,9-11H,5-8,19H2. The first-order chi connectivity index (χ1) is 11.5. The van der Waals surface area contributed by atoms with E-state index >= 15 is 0 Å². The van der Waals surface area contributed by atoms with Crippen LogP contribution < -0.4 is 5.73 Å². The van der Waals surface area contributed by atoms with E-state index in [-0.39, 0.29) is 24.8 Å². The maximum Gasteiger partial charge on any atom is 0.248 e. The summed E-state index contributed by atoms with van der Waals surface area (Å²) in [6.07, 6.45) is 1.73. The molecule has 0 saturated heterocycles. The number of halogens is 2. The Balaban J connectivity index is 1.42. The monoisotopic (exact) mass is 333 g/mol. The average molecular weight is 333 g/mol. The van der Waals surface area contributed by atoms with E-state index in [1.54, 1.807) is 6.33 Å². The highest BCUT2D eigenvalue weighted by atomic mass is 19.3. The van der Waals surface area contributed by atoms with Crippen LogP contribution in [0, 0.1) is 5.92 Å². The van der Waals surface area contributed by atoms with Crippen molar-refractivity contribution in [1.29, 1.82) is 0 Å². The summed E-state index contributed by atoms with van der Waals surface area (Å²) in [6, 6.07) is 7.39. The molecule has 1 fully saturated rings. The van der Waals surface area contributed by atoms with Crippen molar-refractivity contribution in [3.8, 4) is 0 Å². The molecule has 1 aliphatic rings. The fraction of sp³-hybridized carbons (Fsp3) is 0.438. The van der Waals surface area contributed by atoms with E-state index in [2.05, 4.69) is 15.1 Å². The van der Waals surface area contributed by atoms with Crippen LogP contribution in [-0.4, -0.2) is 31.7 Å². The number of rotatable bonds is 5. The fourth-order valence-corrected chi connectivity index (χ4v) is 3.10. The lowest BCUT2D eigenvalue weighted by molar-refractivity contribution is -0.116. The van der Waals surface area contributed by atoms with Crippen LogP contribution >= 0.6 is 0 Å². The molecule has 1 unspecified atom stereocenters. The van der Waals surface area contributed by atoms with Gasteiger partial charge in [-0.2, -0.15) is 4.98 Å². The molecular formula is C16H17F2N5O. The van der Waals surface area contributed by atoms with Crippen LogP contribution in [0.25, 0.3) is 11.0 Å². The Kier molecular flexibility index (Phi) is 3.56. The van der Waals surface area contributed by atoms with Gasteiger partial charge in [-0.25, -0.2) is 13.8 Å². The quantitative estimate of drug-likeness (QED) is 0.775. The Morgan fingerprint density at radius 1 is 1.33 bits per heavy atom. The molecule has 0 bridgehead atoms. The van der Waals surface area contributed by atoms with Crippen LogP contribution in [-0.2, 0) is 13.0 Å². The van der Waals surface area contributed by atoms with Crippen LogP contribution in [0.15, 0.2) is 35.1 Å². The van der Waals surface area contributed by atoms with Gasteiger partial charge in [0.1, 0.15) is 0 Å². The molecule has 0 radical (unpaired) electrons. The molecule has 24 heavy (non-hydrogen) atoms. The maximum atomic E-state index is 12.9. The molecule has 1 saturated carbocycles. The first kappa shape index (κ1) is 15.2. The number of benzene rings is 1. The van der Waals surface area contributed by atoms with Crippen molar-refractivity contribution in [2.45, 2.75) is 37.8 Å². The molecule has 2 heterocycles. The summed E-state index contributed by atoms with van der Waals surface area (Å²) in [7, 11) is 0. The van der Waals surface area contributed by atoms with E-state index in [9.17, 15) is 8.78 Å². The van der Waals surface area contributed by atoms with Crippen molar-refractivity contribution < 1.29 is 13.3 Å². The Morgan fingerprint density at radius 3 is 2.92 bits per heavy atom. The summed E-state index contributed by atoms with van der Waals surface area (Å²) in [5.74, 6) is -1.85. The second kappa shape index (κ2) is 5.62. The average Bonchev–Trinajstić information content (AvgIpc) is 3.13. The normalized spacial score (nSPS) is 18.6. The fourth-order valence-electron chi connectivity index (χ4n) is 3.10. The van der Waals surface area contributed by atoms with E-state index in [4.69, 9.17) is 10.3 Å². The van der Waals surface area contributed by atoms with Gasteiger partial charge in [0.2, 0.25) is 11.8 Å². The van der Waals surface area contributed by atoms with Crippen LogP contribution in [0.2, 0.25) is 0 Å². The van der Waals surface area contributed by atoms with Gasteiger partial charge in [0.15, 0.2) is 5.82 Å². The van der Waals surface area contributed by atoms with Crippen molar-refractivity contribution in [3.05, 3.63) is 42.3 Å². The number of hydrogen-bond acceptors (Lipinski definition) is 5. The minimum Gasteiger partial charge on any atom is -0.339 e. The van der Waals surface area contributed by atoms with Gasteiger partial charge in [-0.15, -0.1) is 0 Å². The van der Waals surface area contributed by atoms with Gasteiger partial charge in [-0.3, -0.25) is 0 Å². The smallest absolute Gasteiger partial charge is 0.248 e. The highest BCUT2D eigenvalue weighted by Crippen LogP contribution is 2.44. The molecule has 0 spiro atoms. The van der Waals surface area contributed by atoms with Crippen molar-refractivity contribution in [2.75, 3.05) is 0 Å². The van der Waals surface area contributed by atoms with Gasteiger partial charge in [0.05, 0.1) is 23.9 Å². The summed E-state index contributed by atoms with van der Waals surface area (Å²) in [6.45, 7) is 0.431. The summed E-state index contributed by atoms with van der Waals surface area (Å²) in [5, 5.41) is 3.94. The molecule has 8 heteroatoms. The number of para-hydroxylation sites is 2. The number of nitrogens with zero attached hydrogens (tertiary/aromatic N) is 4. The lowest BCUT2D eigenvalue weighted by atomic mass is 9.76. The zero-order chi connectivity index (χ0) is 16.7. The van der Waals surface area contributed by atoms with Gasteiger partial charge < -0.3 is 14.8 Å². The minimum atomic E-state index is -2.56. The number of fused-ring (bicyclic) bond motifs is 1. The van der Waals surface area contributed by atoms with Gasteiger partial charge >= 0.3 is 0 Å². The van der Waals surface area contributed by atoms with Crippen molar-refractivity contribution in [2.24, 2.45) is 11.7 Å². The van der Waals surface area contributed by atoms with Crippen molar-refractivity contribution >= 4 is 11.0 Å². The predicted molar refractivity (Wildman–Crippen MR) is 82.5 cm³/mol. The van der Waals surface area contributed by atoms with Gasteiger partial charge in [-0.05, 0) is 18.1 Å². The third-order valence-corrected chi connectivity index (χ3v) is 4.49. The maximum absolute atomic E-state index is 12.9.